The first kappa shape index (κ1) is 15.5. The monoisotopic (exact) mass is 307 g/mol. The molecule has 21 heavy (non-hydrogen) atoms. The molecule has 1 heterocycles. The quantitative estimate of drug-likeness (QED) is 0.853. The third kappa shape index (κ3) is 4.08. The van der Waals surface area contributed by atoms with E-state index in [0.717, 1.165) is 37.4 Å². The van der Waals surface area contributed by atoms with Crippen LogP contribution in [0.2, 0.25) is 0 Å². The second kappa shape index (κ2) is 6.80. The van der Waals surface area contributed by atoms with Gasteiger partial charge in [0, 0.05) is 19.1 Å². The largest absolute Gasteiger partial charge is 0.393 e. The molecule has 3 heteroatoms. The summed E-state index contributed by atoms with van der Waals surface area (Å²) >= 11 is 1.79. The third-order valence-corrected chi connectivity index (χ3v) is 6.16. The van der Waals surface area contributed by atoms with Crippen LogP contribution in [-0.4, -0.2) is 28.7 Å². The molecule has 1 aromatic rings. The predicted molar refractivity (Wildman–Crippen MR) is 89.4 cm³/mol. The fourth-order valence-electron chi connectivity index (χ4n) is 3.79. The molecule has 1 aromatic heterocycles. The van der Waals surface area contributed by atoms with Gasteiger partial charge >= 0.3 is 0 Å². The van der Waals surface area contributed by atoms with Gasteiger partial charge in [-0.15, -0.1) is 0 Å². The summed E-state index contributed by atoms with van der Waals surface area (Å²) in [6.07, 6.45) is 6.05. The van der Waals surface area contributed by atoms with Gasteiger partial charge < -0.3 is 5.11 Å². The second-order valence-electron chi connectivity index (χ2n) is 7.44. The molecule has 0 radical (unpaired) electrons. The standard InChI is InChI=1S/C18H29NOS/c1-13(2)15-3-6-18(20)16(9-15)11-19(17-4-5-17)10-14-7-8-21-12-14/h7-8,12-13,15-18,20H,3-6,9-11H2,1-2H3. The molecule has 0 aliphatic heterocycles. The first-order chi connectivity index (χ1) is 10.1. The molecule has 2 nitrogen and oxygen atoms in total. The first-order valence-corrected chi connectivity index (χ1v) is 9.51. The van der Waals surface area contributed by atoms with Gasteiger partial charge in [0.25, 0.3) is 0 Å². The summed E-state index contributed by atoms with van der Waals surface area (Å²) in [6, 6.07) is 3.02. The maximum absolute atomic E-state index is 10.4. The van der Waals surface area contributed by atoms with Crippen molar-refractivity contribution in [3.8, 4) is 0 Å². The number of hydrogen-bond donors (Lipinski definition) is 1. The Morgan fingerprint density at radius 2 is 2.10 bits per heavy atom. The Balaban J connectivity index is 1.61. The van der Waals surface area contributed by atoms with Crippen LogP contribution < -0.4 is 0 Å². The van der Waals surface area contributed by atoms with E-state index in [9.17, 15) is 5.11 Å². The van der Waals surface area contributed by atoms with Crippen LogP contribution in [0.25, 0.3) is 0 Å². The highest BCUT2D eigenvalue weighted by Gasteiger charge is 2.36. The Hall–Kier alpha value is -0.380. The summed E-state index contributed by atoms with van der Waals surface area (Å²) in [6.45, 7) is 6.83. The van der Waals surface area contributed by atoms with Crippen LogP contribution in [0.4, 0.5) is 0 Å². The van der Waals surface area contributed by atoms with E-state index >= 15 is 0 Å². The Morgan fingerprint density at radius 3 is 2.71 bits per heavy atom. The van der Waals surface area contributed by atoms with Crippen molar-refractivity contribution in [2.75, 3.05) is 6.54 Å². The summed E-state index contributed by atoms with van der Waals surface area (Å²) in [7, 11) is 0. The molecule has 2 fully saturated rings. The lowest BCUT2D eigenvalue weighted by Gasteiger charge is -2.38. The van der Waals surface area contributed by atoms with Crippen molar-refractivity contribution in [3.63, 3.8) is 0 Å². The first-order valence-electron chi connectivity index (χ1n) is 8.56. The zero-order valence-corrected chi connectivity index (χ0v) is 14.2. The fraction of sp³-hybridized carbons (Fsp3) is 0.778. The lowest BCUT2D eigenvalue weighted by molar-refractivity contribution is 0.0156. The Bertz CT molecular complexity index is 426. The average molecular weight is 308 g/mol. The average Bonchev–Trinajstić information content (AvgIpc) is 3.18. The molecule has 3 rings (SSSR count). The van der Waals surface area contributed by atoms with Crippen molar-refractivity contribution in [1.82, 2.24) is 4.90 Å². The summed E-state index contributed by atoms with van der Waals surface area (Å²) in [5.74, 6) is 2.04. The van der Waals surface area contributed by atoms with Crippen LogP contribution in [0.15, 0.2) is 16.8 Å². The number of nitrogens with zero attached hydrogens (tertiary/aromatic N) is 1. The molecular weight excluding hydrogens is 278 g/mol. The van der Waals surface area contributed by atoms with Gasteiger partial charge in [-0.3, -0.25) is 4.90 Å². The number of aliphatic hydroxyl groups is 1. The topological polar surface area (TPSA) is 23.5 Å². The molecule has 3 unspecified atom stereocenters. The van der Waals surface area contributed by atoms with Crippen molar-refractivity contribution < 1.29 is 5.11 Å². The van der Waals surface area contributed by atoms with E-state index in [2.05, 4.69) is 35.6 Å². The normalized spacial score (nSPS) is 30.2. The third-order valence-electron chi connectivity index (χ3n) is 5.42. The van der Waals surface area contributed by atoms with Crippen molar-refractivity contribution in [2.24, 2.45) is 17.8 Å². The zero-order valence-electron chi connectivity index (χ0n) is 13.4. The molecule has 0 aromatic carbocycles. The highest BCUT2D eigenvalue weighted by Crippen LogP contribution is 2.37. The number of rotatable bonds is 6. The van der Waals surface area contributed by atoms with Crippen LogP contribution >= 0.6 is 11.3 Å². The molecule has 0 spiro atoms. The van der Waals surface area contributed by atoms with Crippen LogP contribution in [0.1, 0.15) is 51.5 Å². The SMILES string of the molecule is CC(C)C1CCC(O)C(CN(Cc2ccsc2)C2CC2)C1. The van der Waals surface area contributed by atoms with E-state index in [1.807, 2.05) is 0 Å². The summed E-state index contributed by atoms with van der Waals surface area (Å²) in [5.41, 5.74) is 1.44. The Kier molecular flexibility index (Phi) is 5.03. The number of aliphatic hydroxyl groups excluding tert-OH is 1. The van der Waals surface area contributed by atoms with Gasteiger partial charge in [0.2, 0.25) is 0 Å². The minimum atomic E-state index is -0.0799. The van der Waals surface area contributed by atoms with Crippen molar-refractivity contribution in [3.05, 3.63) is 22.4 Å². The van der Waals surface area contributed by atoms with Crippen molar-refractivity contribution >= 4 is 11.3 Å². The van der Waals surface area contributed by atoms with Crippen molar-refractivity contribution in [1.29, 1.82) is 0 Å². The van der Waals surface area contributed by atoms with Crippen LogP contribution in [-0.2, 0) is 6.54 Å². The maximum Gasteiger partial charge on any atom is 0.0580 e. The van der Waals surface area contributed by atoms with Crippen LogP contribution in [0.3, 0.4) is 0 Å². The molecule has 2 saturated carbocycles. The van der Waals surface area contributed by atoms with Crippen LogP contribution in [0.5, 0.6) is 0 Å². The molecular formula is C18H29NOS. The smallest absolute Gasteiger partial charge is 0.0580 e. The van der Waals surface area contributed by atoms with E-state index in [-0.39, 0.29) is 6.10 Å². The van der Waals surface area contributed by atoms with Crippen molar-refractivity contribution in [2.45, 2.75) is 64.6 Å². The Labute approximate surface area is 133 Å². The molecule has 2 aliphatic carbocycles. The van der Waals surface area contributed by atoms with E-state index in [0.29, 0.717) is 5.92 Å². The van der Waals surface area contributed by atoms with Gasteiger partial charge in [-0.1, -0.05) is 13.8 Å². The molecule has 0 saturated heterocycles. The van der Waals surface area contributed by atoms with Gasteiger partial charge in [0.15, 0.2) is 0 Å². The minimum absolute atomic E-state index is 0.0799. The highest BCUT2D eigenvalue weighted by molar-refractivity contribution is 7.07. The molecule has 2 aliphatic rings. The van der Waals surface area contributed by atoms with Gasteiger partial charge in [-0.25, -0.2) is 0 Å². The van der Waals surface area contributed by atoms with Gasteiger partial charge in [-0.05, 0) is 72.2 Å². The summed E-state index contributed by atoms with van der Waals surface area (Å²) < 4.78 is 0. The summed E-state index contributed by atoms with van der Waals surface area (Å²) in [5, 5.41) is 14.9. The van der Waals surface area contributed by atoms with Crippen LogP contribution in [0, 0.1) is 17.8 Å². The lowest BCUT2D eigenvalue weighted by Crippen LogP contribution is -2.40. The highest BCUT2D eigenvalue weighted by atomic mass is 32.1. The van der Waals surface area contributed by atoms with E-state index in [1.54, 1.807) is 11.3 Å². The minimum Gasteiger partial charge on any atom is -0.393 e. The van der Waals surface area contributed by atoms with E-state index in [4.69, 9.17) is 0 Å². The summed E-state index contributed by atoms with van der Waals surface area (Å²) in [4.78, 5) is 2.64. The maximum atomic E-state index is 10.4. The van der Waals surface area contributed by atoms with E-state index in [1.165, 1.54) is 31.2 Å². The molecule has 3 atom stereocenters. The second-order valence-corrected chi connectivity index (χ2v) is 8.22. The molecule has 0 bridgehead atoms. The van der Waals surface area contributed by atoms with Gasteiger partial charge in [0.05, 0.1) is 6.10 Å². The van der Waals surface area contributed by atoms with Gasteiger partial charge in [-0.2, -0.15) is 11.3 Å². The number of thiophene rings is 1. The van der Waals surface area contributed by atoms with E-state index < -0.39 is 0 Å². The number of hydrogen-bond acceptors (Lipinski definition) is 3. The Morgan fingerprint density at radius 1 is 1.29 bits per heavy atom. The fourth-order valence-corrected chi connectivity index (χ4v) is 4.45. The van der Waals surface area contributed by atoms with Gasteiger partial charge in [0.1, 0.15) is 0 Å². The predicted octanol–water partition coefficient (Wildman–Crippen LogP) is 4.15. The molecule has 0 amide bonds. The molecule has 1 N–H and O–H groups in total. The molecule has 118 valence electrons. The zero-order chi connectivity index (χ0) is 14.8. The lowest BCUT2D eigenvalue weighted by atomic mass is 9.74.